The van der Waals surface area contributed by atoms with Crippen LogP contribution in [0.25, 0.3) is 66.1 Å². The number of carbonyl (C=O) groups excluding carboxylic acids is 3. The number of fused-ring (bicyclic) bond motifs is 3. The minimum absolute atomic E-state index is 0.0229. The molecule has 0 unspecified atom stereocenters. The minimum Gasteiger partial charge on any atom is -0.507 e. The number of nitrogens with zero attached hydrogens (tertiary/aromatic N) is 5. The zero-order chi connectivity index (χ0) is 73.4. The van der Waals surface area contributed by atoms with Crippen LogP contribution in [0.4, 0.5) is 14.4 Å². The van der Waals surface area contributed by atoms with E-state index in [2.05, 4.69) is 20.3 Å². The largest absolute Gasteiger partial charge is 0.507 e. The number of aliphatic hydroxyl groups is 1. The fourth-order valence-corrected chi connectivity index (χ4v) is 12.1. The molecule has 3 aromatic heterocycles. The lowest BCUT2D eigenvalue weighted by molar-refractivity contribution is 0.0941. The van der Waals surface area contributed by atoms with Gasteiger partial charge in [-0.15, -0.1) is 0 Å². The minimum atomic E-state index is -0.430. The van der Waals surface area contributed by atoms with Gasteiger partial charge in [-0.05, 0) is 195 Å². The van der Waals surface area contributed by atoms with E-state index >= 15 is 0 Å². The Morgan fingerprint density at radius 2 is 0.846 bits per heavy atom. The first-order valence-corrected chi connectivity index (χ1v) is 34.1. The summed E-state index contributed by atoms with van der Waals surface area (Å²) < 4.78 is 55.8. The first-order chi connectivity index (χ1) is 50.4. The maximum Gasteiger partial charge on any atom is 0.410 e. The van der Waals surface area contributed by atoms with E-state index in [1.807, 2.05) is 205 Å². The highest BCUT2D eigenvalue weighted by Crippen LogP contribution is 2.41. The molecule has 4 N–H and O–H groups in total. The SMILES string of the molecule is COc1cc(-c2cc(O)c3cccnc3c2)ccc1OC(C)C.COc1cc(-c2cc(OC[C@H]3CN([C@H](C)c4ccccc4)C(=O)O3)c3cccnc3c2)ccc1OC(C)C.COc1cc(-c2cc(OC[C@H]3CNC(=O)O3)c3cccnc3c2)ccc1O.C[C@H](c1ccccc1)N1C[C@H](CO)OC1=O. The van der Waals surface area contributed by atoms with Crippen LogP contribution in [0.15, 0.2) is 207 Å². The van der Waals surface area contributed by atoms with Gasteiger partial charge in [0, 0.05) is 34.7 Å². The fraction of sp³-hybridized carbons (Fsp3) is 0.268. The van der Waals surface area contributed by atoms with Crippen molar-refractivity contribution >= 4 is 51.0 Å². The Kier molecular flexibility index (Phi) is 24.0. The molecule has 3 aliphatic rings. The second-order valence-corrected chi connectivity index (χ2v) is 25.3. The fourth-order valence-electron chi connectivity index (χ4n) is 12.1. The number of aliphatic hydroxyl groups excluding tert-OH is 1. The van der Waals surface area contributed by atoms with Crippen LogP contribution in [-0.4, -0.2) is 150 Å². The predicted molar refractivity (Wildman–Crippen MR) is 396 cm³/mol. The van der Waals surface area contributed by atoms with E-state index in [4.69, 9.17) is 52.5 Å². The van der Waals surface area contributed by atoms with Crippen molar-refractivity contribution in [2.75, 3.05) is 60.8 Å². The van der Waals surface area contributed by atoms with E-state index < -0.39 is 12.2 Å². The Morgan fingerprint density at radius 1 is 0.433 bits per heavy atom. The molecule has 5 atom stereocenters. The summed E-state index contributed by atoms with van der Waals surface area (Å²) >= 11 is 0. The Labute approximate surface area is 603 Å². The van der Waals surface area contributed by atoms with Crippen molar-refractivity contribution in [1.82, 2.24) is 30.1 Å². The number of phenols is 2. The molecule has 22 heteroatoms. The number of hydrogen-bond donors (Lipinski definition) is 4. The number of cyclic esters (lactones) is 3. The van der Waals surface area contributed by atoms with Crippen LogP contribution in [0.2, 0.25) is 0 Å². The van der Waals surface area contributed by atoms with E-state index in [1.165, 1.54) is 7.11 Å². The molecule has 6 heterocycles. The number of phenolic OH excluding ortho intramolecular Hbond substituents is 2. The Bertz CT molecular complexity index is 4780. The lowest BCUT2D eigenvalue weighted by atomic mass is 10.0. The van der Waals surface area contributed by atoms with Crippen LogP contribution < -0.4 is 38.5 Å². The molecular weight excluding hydrogens is 1320 g/mol. The number of carbonyl (C=O) groups is 3. The van der Waals surface area contributed by atoms with Gasteiger partial charge >= 0.3 is 18.3 Å². The van der Waals surface area contributed by atoms with Crippen molar-refractivity contribution in [2.24, 2.45) is 0 Å². The number of benzene rings is 8. The molecule has 11 aromatic rings. The number of ether oxygens (including phenoxy) is 10. The molecule has 22 nitrogen and oxygen atoms in total. The number of aromatic nitrogens is 3. The highest BCUT2D eigenvalue weighted by Gasteiger charge is 2.36. The van der Waals surface area contributed by atoms with E-state index in [0.29, 0.717) is 59.9 Å². The van der Waals surface area contributed by atoms with Gasteiger partial charge in [0.1, 0.15) is 36.6 Å². The highest BCUT2D eigenvalue weighted by atomic mass is 16.6. The summed E-state index contributed by atoms with van der Waals surface area (Å²) in [6, 6.07) is 59.2. The summed E-state index contributed by atoms with van der Waals surface area (Å²) in [6.07, 6.45) is 3.09. The van der Waals surface area contributed by atoms with Crippen LogP contribution >= 0.6 is 0 Å². The van der Waals surface area contributed by atoms with Crippen LogP contribution in [-0.2, 0) is 14.2 Å². The van der Waals surface area contributed by atoms with Gasteiger partial charge < -0.3 is 68.0 Å². The maximum atomic E-state index is 12.6. The average molecular weight is 1410 g/mol. The van der Waals surface area contributed by atoms with E-state index in [0.717, 1.165) is 77.2 Å². The molecule has 0 radical (unpaired) electrons. The summed E-state index contributed by atoms with van der Waals surface area (Å²) in [5.41, 5.74) is 9.89. The number of methoxy groups -OCH3 is 3. The molecule has 0 spiro atoms. The van der Waals surface area contributed by atoms with Gasteiger partial charge in [0.15, 0.2) is 46.7 Å². The zero-order valence-electron chi connectivity index (χ0n) is 59.3. The molecule has 0 saturated carbocycles. The maximum absolute atomic E-state index is 12.6. The van der Waals surface area contributed by atoms with Crippen molar-refractivity contribution in [3.63, 3.8) is 0 Å². The van der Waals surface area contributed by atoms with Gasteiger partial charge in [0.25, 0.3) is 0 Å². The normalized spacial score (nSPS) is 15.8. The Balaban J connectivity index is 0.000000145. The van der Waals surface area contributed by atoms with Crippen molar-refractivity contribution < 1.29 is 77.1 Å². The molecule has 14 rings (SSSR count). The van der Waals surface area contributed by atoms with Gasteiger partial charge in [-0.2, -0.15) is 0 Å². The molecule has 3 fully saturated rings. The number of nitrogens with one attached hydrogen (secondary N) is 1. The molecule has 8 aromatic carbocycles. The van der Waals surface area contributed by atoms with Crippen LogP contribution in [0, 0.1) is 0 Å². The van der Waals surface area contributed by atoms with Gasteiger partial charge in [-0.1, -0.05) is 78.9 Å². The number of aromatic hydroxyl groups is 2. The van der Waals surface area contributed by atoms with Crippen molar-refractivity contribution in [3.05, 3.63) is 218 Å². The lowest BCUT2D eigenvalue weighted by Gasteiger charge is -2.22. The molecule has 104 heavy (non-hydrogen) atoms. The molecule has 0 aliphatic carbocycles. The van der Waals surface area contributed by atoms with E-state index in [1.54, 1.807) is 66.9 Å². The molecule has 3 amide bonds. The van der Waals surface area contributed by atoms with Gasteiger partial charge in [0.05, 0.1) is 88.4 Å². The molecule has 3 aliphatic heterocycles. The second kappa shape index (κ2) is 34.1. The van der Waals surface area contributed by atoms with Crippen LogP contribution in [0.1, 0.15) is 64.8 Å². The van der Waals surface area contributed by atoms with E-state index in [-0.39, 0.29) is 80.0 Å². The van der Waals surface area contributed by atoms with Crippen LogP contribution in [0.3, 0.4) is 0 Å². The summed E-state index contributed by atoms with van der Waals surface area (Å²) in [5, 5.41) is 34.1. The standard InChI is InChI=1S/C31H32N2O5.C20H18N2O5.C19H19NO3.C12H15NO3/c1-20(2)37-28-13-12-23(16-30(28)35-4)24-15-27-26(11-8-14-32-27)29(17-24)36-19-25-18-33(31(34)38-25)21(3)22-9-6-5-7-10-22;1-25-19-8-12(4-5-17(19)23)13-7-16-15(3-2-6-21-16)18(9-13)26-11-14-10-22-20(24)27-14;1-12(2)23-18-7-6-13(11-19(18)22-3)14-9-16-15(17(21)10-14)5-4-8-20-16;1-9(10-5-3-2-4-6-10)13-7-11(8-14)16-12(13)15/h5-17,20-21,25H,18-19H2,1-4H3;2-9,14,23H,10-11H2,1H3,(H,22,24);4-12,21H,1-3H3;2-6,9,11,14H,7-8H2,1H3/t21-,25-;14-;;9-,11-/m11.1/s1. The van der Waals surface area contributed by atoms with Crippen molar-refractivity contribution in [1.29, 1.82) is 0 Å². The Hall–Kier alpha value is -12.0. The summed E-state index contributed by atoms with van der Waals surface area (Å²) in [6.45, 7) is 13.6. The smallest absolute Gasteiger partial charge is 0.410 e. The van der Waals surface area contributed by atoms with Crippen molar-refractivity contribution in [2.45, 2.75) is 84.1 Å². The van der Waals surface area contributed by atoms with Gasteiger partial charge in [-0.3, -0.25) is 24.8 Å². The monoisotopic (exact) mass is 1410 g/mol. The third-order valence-corrected chi connectivity index (χ3v) is 17.4. The number of alkyl carbamates (subject to hydrolysis) is 1. The Morgan fingerprint density at radius 3 is 1.29 bits per heavy atom. The zero-order valence-corrected chi connectivity index (χ0v) is 59.3. The summed E-state index contributed by atoms with van der Waals surface area (Å²) in [4.78, 5) is 52.0. The topological polar surface area (TPSA) is 261 Å². The molecule has 3 saturated heterocycles. The average Bonchev–Trinajstić information content (AvgIpc) is 0.988. The number of pyridine rings is 3. The first kappa shape index (κ1) is 73.2. The number of rotatable bonds is 21. The van der Waals surface area contributed by atoms with Gasteiger partial charge in [-0.25, -0.2) is 14.4 Å². The number of hydrogen-bond acceptors (Lipinski definition) is 19. The van der Waals surface area contributed by atoms with E-state index in [9.17, 15) is 24.6 Å². The predicted octanol–water partition coefficient (Wildman–Crippen LogP) is 15.7. The number of amides is 3. The molecule has 0 bridgehead atoms. The van der Waals surface area contributed by atoms with Crippen LogP contribution in [0.5, 0.6) is 51.7 Å². The molecular formula is C82H84N6O16. The second-order valence-electron chi connectivity index (χ2n) is 25.3. The highest BCUT2D eigenvalue weighted by molar-refractivity contribution is 5.92. The summed E-state index contributed by atoms with van der Waals surface area (Å²) in [5.74, 6) is 4.72. The summed E-state index contributed by atoms with van der Waals surface area (Å²) in [7, 11) is 4.76. The quantitative estimate of drug-likeness (QED) is 0.0487. The van der Waals surface area contributed by atoms with Gasteiger partial charge in [0.2, 0.25) is 0 Å². The third-order valence-electron chi connectivity index (χ3n) is 17.4. The lowest BCUT2D eigenvalue weighted by Crippen LogP contribution is -2.29. The third kappa shape index (κ3) is 18.0. The molecule has 538 valence electrons. The van der Waals surface area contributed by atoms with Crippen molar-refractivity contribution in [3.8, 4) is 85.1 Å². The first-order valence-electron chi connectivity index (χ1n) is 34.1.